The number of carbonyl (C=O) groups is 1. The van der Waals surface area contributed by atoms with Gasteiger partial charge in [0.15, 0.2) is 0 Å². The maximum absolute atomic E-state index is 12.3. The van der Waals surface area contributed by atoms with Gasteiger partial charge in [-0.05, 0) is 13.0 Å². The molecule has 1 aromatic rings. The van der Waals surface area contributed by atoms with Gasteiger partial charge < -0.3 is 9.88 Å². The maximum Gasteiger partial charge on any atom is 0.267 e. The quantitative estimate of drug-likeness (QED) is 0.837. The van der Waals surface area contributed by atoms with Crippen molar-refractivity contribution in [3.8, 4) is 0 Å². The largest absolute Gasteiger partial charge is 0.351 e. The fraction of sp³-hybridized carbons (Fsp3) is 0.444. The average molecular weight is 301 g/mol. The number of aromatic nitrogens is 1. The van der Waals surface area contributed by atoms with E-state index >= 15 is 0 Å². The van der Waals surface area contributed by atoms with Crippen LogP contribution in [0.4, 0.5) is 8.78 Å². The highest BCUT2D eigenvalue weighted by molar-refractivity contribution is 8.13. The minimum absolute atomic E-state index is 0.170. The first kappa shape index (κ1) is 14.9. The summed E-state index contributed by atoms with van der Waals surface area (Å²) in [5.74, 6) is -0.635. The van der Waals surface area contributed by atoms with Gasteiger partial charge in [0.2, 0.25) is 0 Å². The number of amides is 1. The van der Waals surface area contributed by atoms with Crippen molar-refractivity contribution in [2.45, 2.75) is 24.8 Å². The summed E-state index contributed by atoms with van der Waals surface area (Å²) < 4.78 is 47.7. The van der Waals surface area contributed by atoms with Crippen LogP contribution in [-0.4, -0.2) is 31.9 Å². The molecule has 0 atom stereocenters. The van der Waals surface area contributed by atoms with Gasteiger partial charge >= 0.3 is 0 Å². The molecule has 1 N–H and O–H groups in total. The second kappa shape index (κ2) is 5.66. The van der Waals surface area contributed by atoms with Crippen LogP contribution in [0.1, 0.15) is 17.4 Å². The molecule has 18 heavy (non-hydrogen) atoms. The van der Waals surface area contributed by atoms with Crippen LogP contribution in [0.15, 0.2) is 17.2 Å². The molecule has 0 fully saturated rings. The third-order valence-electron chi connectivity index (χ3n) is 2.06. The number of hydrogen-bond donors (Lipinski definition) is 1. The molecule has 1 heterocycles. The summed E-state index contributed by atoms with van der Waals surface area (Å²) in [6.45, 7) is 1.16. The van der Waals surface area contributed by atoms with E-state index in [0.717, 1.165) is 16.8 Å². The molecule has 0 spiro atoms. The van der Waals surface area contributed by atoms with E-state index in [2.05, 4.69) is 5.32 Å². The van der Waals surface area contributed by atoms with Crippen LogP contribution in [0.2, 0.25) is 0 Å². The number of halogens is 3. The van der Waals surface area contributed by atoms with E-state index in [1.165, 1.54) is 0 Å². The second-order valence-electron chi connectivity index (χ2n) is 3.40. The van der Waals surface area contributed by atoms with Gasteiger partial charge in [-0.15, -0.1) is 0 Å². The van der Waals surface area contributed by atoms with Crippen molar-refractivity contribution >= 4 is 25.6 Å². The predicted octanol–water partition coefficient (Wildman–Crippen LogP) is 1.43. The van der Waals surface area contributed by atoms with E-state index in [9.17, 15) is 22.0 Å². The van der Waals surface area contributed by atoms with Gasteiger partial charge in [-0.2, -0.15) is 0 Å². The Bertz CT molecular complexity index is 542. The number of hydrogen-bond acceptors (Lipinski definition) is 3. The van der Waals surface area contributed by atoms with E-state index in [0.29, 0.717) is 6.54 Å². The van der Waals surface area contributed by atoms with Crippen molar-refractivity contribution < 1.29 is 22.0 Å². The molecule has 0 aliphatic heterocycles. The van der Waals surface area contributed by atoms with Gasteiger partial charge in [0, 0.05) is 23.4 Å². The lowest BCUT2D eigenvalue weighted by Gasteiger charge is -2.07. The Balaban J connectivity index is 3.21. The fourth-order valence-electron chi connectivity index (χ4n) is 1.36. The van der Waals surface area contributed by atoms with Gasteiger partial charge in [-0.3, -0.25) is 4.79 Å². The number of nitrogens with zero attached hydrogens (tertiary/aromatic N) is 1. The monoisotopic (exact) mass is 300 g/mol. The van der Waals surface area contributed by atoms with Gasteiger partial charge in [0.05, 0.1) is 6.54 Å². The lowest BCUT2D eigenvalue weighted by atomic mass is 10.4. The molecule has 0 saturated heterocycles. The van der Waals surface area contributed by atoms with E-state index in [1.807, 2.05) is 0 Å². The average Bonchev–Trinajstić information content (AvgIpc) is 2.60. The molecule has 102 valence electrons. The molecule has 0 aromatic carbocycles. The Hall–Kier alpha value is -1.15. The summed E-state index contributed by atoms with van der Waals surface area (Å²) in [6, 6.07) is 0.968. The highest BCUT2D eigenvalue weighted by atomic mass is 35.7. The van der Waals surface area contributed by atoms with Crippen LogP contribution in [0.5, 0.6) is 0 Å². The summed E-state index contributed by atoms with van der Waals surface area (Å²) in [4.78, 5) is 11.2. The molecule has 0 bridgehead atoms. The minimum Gasteiger partial charge on any atom is -0.351 e. The van der Waals surface area contributed by atoms with Crippen LogP contribution in [-0.2, 0) is 15.6 Å². The van der Waals surface area contributed by atoms with Crippen LogP contribution < -0.4 is 5.32 Å². The van der Waals surface area contributed by atoms with E-state index in [-0.39, 0.29) is 10.6 Å². The zero-order valence-electron chi connectivity index (χ0n) is 9.36. The van der Waals surface area contributed by atoms with Crippen molar-refractivity contribution in [3.63, 3.8) is 0 Å². The maximum atomic E-state index is 12.3. The molecule has 0 aliphatic rings. The SMILES string of the molecule is CCNC(=O)c1cc(S(=O)(=O)Cl)cn1CC(F)F. The first-order valence-corrected chi connectivity index (χ1v) is 7.27. The molecule has 0 radical (unpaired) electrons. The summed E-state index contributed by atoms with van der Waals surface area (Å²) in [5.41, 5.74) is -0.170. The molecular formula is C9H11ClF2N2O3S. The summed E-state index contributed by atoms with van der Waals surface area (Å²) in [6.07, 6.45) is -1.80. The van der Waals surface area contributed by atoms with E-state index in [4.69, 9.17) is 10.7 Å². The van der Waals surface area contributed by atoms with Gasteiger partial charge in [0.25, 0.3) is 21.4 Å². The Morgan fingerprint density at radius 1 is 1.56 bits per heavy atom. The van der Waals surface area contributed by atoms with Crippen LogP contribution in [0.25, 0.3) is 0 Å². The third-order valence-corrected chi connectivity index (χ3v) is 3.38. The van der Waals surface area contributed by atoms with E-state index in [1.54, 1.807) is 6.92 Å². The van der Waals surface area contributed by atoms with Crippen molar-refractivity contribution in [3.05, 3.63) is 18.0 Å². The van der Waals surface area contributed by atoms with Gasteiger partial charge in [0.1, 0.15) is 10.6 Å². The molecule has 0 unspecified atom stereocenters. The molecule has 1 aromatic heterocycles. The van der Waals surface area contributed by atoms with Crippen LogP contribution in [0, 0.1) is 0 Å². The van der Waals surface area contributed by atoms with E-state index < -0.39 is 27.9 Å². The molecule has 5 nitrogen and oxygen atoms in total. The van der Waals surface area contributed by atoms with Crippen LogP contribution in [0.3, 0.4) is 0 Å². The van der Waals surface area contributed by atoms with Crippen molar-refractivity contribution in [1.29, 1.82) is 0 Å². The standard InChI is InChI=1S/C9H11ClF2N2O3S/c1-2-13-9(15)7-3-6(18(10,16)17)4-14(7)5-8(11)12/h3-4,8H,2,5H2,1H3,(H,13,15). The summed E-state index contributed by atoms with van der Waals surface area (Å²) in [7, 11) is 1.04. The molecule has 9 heteroatoms. The second-order valence-corrected chi connectivity index (χ2v) is 5.97. The smallest absolute Gasteiger partial charge is 0.267 e. The van der Waals surface area contributed by atoms with Crippen molar-refractivity contribution in [2.75, 3.05) is 6.54 Å². The van der Waals surface area contributed by atoms with Gasteiger partial charge in [-0.1, -0.05) is 0 Å². The Morgan fingerprint density at radius 3 is 2.61 bits per heavy atom. The fourth-order valence-corrected chi connectivity index (χ4v) is 2.12. The normalized spacial score (nSPS) is 11.8. The number of carbonyl (C=O) groups excluding carboxylic acids is 1. The molecule has 1 rings (SSSR count). The third kappa shape index (κ3) is 3.67. The highest BCUT2D eigenvalue weighted by Gasteiger charge is 2.21. The topological polar surface area (TPSA) is 68.2 Å². The van der Waals surface area contributed by atoms with Crippen molar-refractivity contribution in [1.82, 2.24) is 9.88 Å². The Morgan fingerprint density at radius 2 is 2.17 bits per heavy atom. The predicted molar refractivity (Wildman–Crippen MR) is 61.5 cm³/mol. The lowest BCUT2D eigenvalue weighted by Crippen LogP contribution is -2.26. The summed E-state index contributed by atoms with van der Waals surface area (Å²) >= 11 is 0. The Kier molecular flexibility index (Phi) is 4.69. The van der Waals surface area contributed by atoms with Gasteiger partial charge in [-0.25, -0.2) is 17.2 Å². The zero-order valence-corrected chi connectivity index (χ0v) is 10.9. The van der Waals surface area contributed by atoms with Crippen molar-refractivity contribution in [2.24, 2.45) is 0 Å². The molecule has 0 aliphatic carbocycles. The number of rotatable bonds is 5. The summed E-state index contributed by atoms with van der Waals surface area (Å²) in [5, 5.41) is 2.40. The highest BCUT2D eigenvalue weighted by Crippen LogP contribution is 2.19. The Labute approximate surface area is 107 Å². The molecule has 0 saturated carbocycles. The van der Waals surface area contributed by atoms with Crippen LogP contribution >= 0.6 is 10.7 Å². The lowest BCUT2D eigenvalue weighted by molar-refractivity contribution is 0.0933. The molecular weight excluding hydrogens is 290 g/mol. The first-order chi connectivity index (χ1) is 8.25. The zero-order chi connectivity index (χ0) is 13.9. The number of alkyl halides is 2. The minimum atomic E-state index is -4.06. The first-order valence-electron chi connectivity index (χ1n) is 4.97. The molecule has 1 amide bonds. The number of nitrogens with one attached hydrogen (secondary N) is 1.